The molecule has 0 aliphatic heterocycles. The number of para-hydroxylation sites is 1. The highest BCUT2D eigenvalue weighted by atomic mass is 127. The fourth-order valence-electron chi connectivity index (χ4n) is 5.16. The molecular weight excluding hydrogens is 689 g/mol. The van der Waals surface area contributed by atoms with E-state index in [2.05, 4.69) is 52.0 Å². The first-order chi connectivity index (χ1) is 21.5. The van der Waals surface area contributed by atoms with Gasteiger partial charge in [0.1, 0.15) is 12.2 Å². The highest BCUT2D eigenvalue weighted by Crippen LogP contribution is 2.35. The van der Waals surface area contributed by atoms with E-state index in [0.717, 1.165) is 25.3 Å². The molecule has 0 aliphatic carbocycles. The van der Waals surface area contributed by atoms with Crippen LogP contribution in [0.5, 0.6) is 11.5 Å². The Labute approximate surface area is 270 Å². The zero-order chi connectivity index (χ0) is 30.2. The van der Waals surface area contributed by atoms with E-state index in [1.165, 1.54) is 4.68 Å². The van der Waals surface area contributed by atoms with Crippen molar-refractivity contribution in [1.29, 1.82) is 0 Å². The number of ether oxygens (including phenoxy) is 2. The molecule has 0 N–H and O–H groups in total. The Balaban J connectivity index is 1.26. The summed E-state index contributed by atoms with van der Waals surface area (Å²) in [5.41, 5.74) is 2.64. The Kier molecular flexibility index (Phi) is 7.53. The van der Waals surface area contributed by atoms with Crippen LogP contribution in [0.25, 0.3) is 44.2 Å². The highest BCUT2D eigenvalue weighted by molar-refractivity contribution is 14.1. The minimum absolute atomic E-state index is 0.272. The van der Waals surface area contributed by atoms with E-state index in [-0.39, 0.29) is 11.4 Å². The van der Waals surface area contributed by atoms with Crippen LogP contribution in [0.4, 0.5) is 0 Å². The van der Waals surface area contributed by atoms with Gasteiger partial charge in [-0.1, -0.05) is 66.2 Å². The molecular formula is C35H23ClIN3O4. The maximum atomic E-state index is 13.7. The molecule has 0 atom stereocenters. The number of furan rings is 1. The number of hydrogen-bond acceptors (Lipinski definition) is 6. The molecule has 0 saturated heterocycles. The highest BCUT2D eigenvalue weighted by Gasteiger charge is 2.17. The molecule has 5 aromatic carbocycles. The van der Waals surface area contributed by atoms with E-state index in [1.54, 1.807) is 55.8 Å². The molecule has 2 aromatic heterocycles. The predicted octanol–water partition coefficient (Wildman–Crippen LogP) is 8.69. The normalized spacial score (nSPS) is 11.6. The Morgan fingerprint density at radius 2 is 1.73 bits per heavy atom. The fourth-order valence-corrected chi connectivity index (χ4v) is 6.12. The van der Waals surface area contributed by atoms with Gasteiger partial charge in [-0.2, -0.15) is 9.78 Å². The van der Waals surface area contributed by atoms with Crippen LogP contribution in [0.2, 0.25) is 5.02 Å². The summed E-state index contributed by atoms with van der Waals surface area (Å²) in [6.45, 7) is 0.380. The summed E-state index contributed by atoms with van der Waals surface area (Å²) in [5.74, 6) is 1.85. The van der Waals surface area contributed by atoms with Crippen LogP contribution in [-0.4, -0.2) is 23.0 Å². The van der Waals surface area contributed by atoms with Crippen molar-refractivity contribution in [2.24, 2.45) is 5.10 Å². The summed E-state index contributed by atoms with van der Waals surface area (Å²) in [7, 11) is 1.60. The lowest BCUT2D eigenvalue weighted by Gasteiger charge is -2.14. The van der Waals surface area contributed by atoms with E-state index >= 15 is 0 Å². The van der Waals surface area contributed by atoms with Crippen LogP contribution < -0.4 is 15.0 Å². The number of methoxy groups -OCH3 is 1. The Hall–Kier alpha value is -4.67. The first kappa shape index (κ1) is 28.1. The fraction of sp³-hybridized carbons (Fsp3) is 0.0571. The van der Waals surface area contributed by atoms with E-state index in [9.17, 15) is 4.79 Å². The van der Waals surface area contributed by atoms with Gasteiger partial charge in [-0.05, 0) is 93.0 Å². The summed E-state index contributed by atoms with van der Waals surface area (Å²) in [6.07, 6.45) is 1.60. The second-order valence-corrected chi connectivity index (χ2v) is 11.7. The topological polar surface area (TPSA) is 78.9 Å². The number of aromatic nitrogens is 2. The molecule has 44 heavy (non-hydrogen) atoms. The third-order valence-electron chi connectivity index (χ3n) is 7.28. The average Bonchev–Trinajstić information content (AvgIpc) is 3.46. The SMILES string of the molecule is COc1cc(C=Nn2c(-c3cc4cc(Cl)ccc4o3)nc3ccccc3c2=O)cc(I)c1OCc1cccc2ccccc12. The van der Waals surface area contributed by atoms with Crippen molar-refractivity contribution in [1.82, 2.24) is 9.66 Å². The average molecular weight is 712 g/mol. The lowest BCUT2D eigenvalue weighted by atomic mass is 10.1. The number of nitrogens with zero attached hydrogens (tertiary/aromatic N) is 3. The van der Waals surface area contributed by atoms with Crippen molar-refractivity contribution >= 4 is 73.1 Å². The van der Waals surface area contributed by atoms with E-state index in [4.69, 9.17) is 30.5 Å². The third kappa shape index (κ3) is 5.31. The monoisotopic (exact) mass is 711 g/mol. The summed E-state index contributed by atoms with van der Waals surface area (Å²) in [5, 5.41) is 8.72. The van der Waals surface area contributed by atoms with Gasteiger partial charge in [0.05, 0.1) is 27.8 Å². The van der Waals surface area contributed by atoms with Crippen LogP contribution >= 0.6 is 34.2 Å². The molecule has 0 bridgehead atoms. The molecule has 0 fully saturated rings. The smallest absolute Gasteiger partial charge is 0.282 e. The maximum absolute atomic E-state index is 13.7. The van der Waals surface area contributed by atoms with Gasteiger partial charge in [0, 0.05) is 10.4 Å². The van der Waals surface area contributed by atoms with Gasteiger partial charge in [-0.15, -0.1) is 0 Å². The van der Waals surface area contributed by atoms with Gasteiger partial charge >= 0.3 is 0 Å². The Morgan fingerprint density at radius 3 is 2.59 bits per heavy atom. The minimum atomic E-state index is -0.322. The third-order valence-corrected chi connectivity index (χ3v) is 8.31. The van der Waals surface area contributed by atoms with Crippen LogP contribution in [-0.2, 0) is 6.61 Å². The van der Waals surface area contributed by atoms with Gasteiger partial charge in [0.25, 0.3) is 5.56 Å². The summed E-state index contributed by atoms with van der Waals surface area (Å²) >= 11 is 8.41. The number of rotatable bonds is 7. The number of hydrogen-bond donors (Lipinski definition) is 0. The zero-order valence-electron chi connectivity index (χ0n) is 23.3. The summed E-state index contributed by atoms with van der Waals surface area (Å²) in [4.78, 5) is 18.4. The molecule has 0 radical (unpaired) electrons. The van der Waals surface area contributed by atoms with Crippen molar-refractivity contribution in [2.75, 3.05) is 7.11 Å². The van der Waals surface area contributed by atoms with Crippen molar-refractivity contribution in [2.45, 2.75) is 6.61 Å². The van der Waals surface area contributed by atoms with Crippen molar-refractivity contribution < 1.29 is 13.9 Å². The van der Waals surface area contributed by atoms with Crippen LogP contribution in [0.15, 0.2) is 117 Å². The minimum Gasteiger partial charge on any atom is -0.493 e. The second kappa shape index (κ2) is 11.8. The van der Waals surface area contributed by atoms with E-state index in [0.29, 0.717) is 50.9 Å². The molecule has 0 spiro atoms. The maximum Gasteiger partial charge on any atom is 0.282 e. The van der Waals surface area contributed by atoms with Gasteiger partial charge in [-0.3, -0.25) is 4.79 Å². The molecule has 0 amide bonds. The van der Waals surface area contributed by atoms with Crippen molar-refractivity contribution in [3.63, 3.8) is 0 Å². The standard InChI is InChI=1S/C35H23ClIN3O4/c1-42-31-16-21(15-28(37)33(31)43-20-23-9-6-8-22-7-2-3-10-26(22)23)19-38-40-34(39-29-12-5-4-11-27(29)35(40)41)32-18-24-17-25(36)13-14-30(24)44-32/h2-19H,20H2,1H3. The molecule has 0 unspecified atom stereocenters. The number of halogens is 2. The Bertz CT molecular complexity index is 2290. The lowest BCUT2D eigenvalue weighted by Crippen LogP contribution is -2.20. The molecule has 0 aliphatic rings. The molecule has 216 valence electrons. The molecule has 7 aromatic rings. The predicted molar refractivity (Wildman–Crippen MR) is 183 cm³/mol. The molecule has 0 saturated carbocycles. The first-order valence-electron chi connectivity index (χ1n) is 13.7. The summed E-state index contributed by atoms with van der Waals surface area (Å²) < 4.78 is 20.2. The van der Waals surface area contributed by atoms with Crippen LogP contribution in [0.3, 0.4) is 0 Å². The Morgan fingerprint density at radius 1 is 0.932 bits per heavy atom. The van der Waals surface area contributed by atoms with E-state index < -0.39 is 0 Å². The number of benzene rings is 5. The largest absolute Gasteiger partial charge is 0.493 e. The first-order valence-corrected chi connectivity index (χ1v) is 15.2. The lowest BCUT2D eigenvalue weighted by molar-refractivity contribution is 0.283. The zero-order valence-corrected chi connectivity index (χ0v) is 26.2. The molecule has 9 heteroatoms. The molecule has 7 rings (SSSR count). The number of fused-ring (bicyclic) bond motifs is 3. The van der Waals surface area contributed by atoms with E-state index in [1.807, 2.05) is 36.4 Å². The van der Waals surface area contributed by atoms with Crippen molar-refractivity contribution in [3.8, 4) is 23.1 Å². The van der Waals surface area contributed by atoms with Gasteiger partial charge < -0.3 is 13.9 Å². The quantitative estimate of drug-likeness (QED) is 0.122. The van der Waals surface area contributed by atoms with Crippen molar-refractivity contribution in [3.05, 3.63) is 133 Å². The second-order valence-electron chi connectivity index (χ2n) is 10.1. The van der Waals surface area contributed by atoms with Gasteiger partial charge in [-0.25, -0.2) is 4.98 Å². The van der Waals surface area contributed by atoms with Crippen LogP contribution in [0.1, 0.15) is 11.1 Å². The molecule has 7 nitrogen and oxygen atoms in total. The van der Waals surface area contributed by atoms with Crippen LogP contribution in [0, 0.1) is 3.57 Å². The van der Waals surface area contributed by atoms with Gasteiger partial charge in [0.15, 0.2) is 17.3 Å². The summed E-state index contributed by atoms with van der Waals surface area (Å²) in [6, 6.07) is 32.4. The van der Waals surface area contributed by atoms with Gasteiger partial charge in [0.2, 0.25) is 5.82 Å². The molecule has 2 heterocycles.